The maximum atomic E-state index is 12.3. The second-order valence-corrected chi connectivity index (χ2v) is 6.75. The number of aryl methyl sites for hydroxylation is 2. The molecule has 0 radical (unpaired) electrons. The number of carbonyl (C=O) groups excluding carboxylic acids is 1. The van der Waals surface area contributed by atoms with Gasteiger partial charge < -0.3 is 10.1 Å². The number of thiazole rings is 1. The Labute approximate surface area is 151 Å². The number of ether oxygens (including phenoxy) is 1. The van der Waals surface area contributed by atoms with Crippen molar-refractivity contribution in [3.63, 3.8) is 0 Å². The number of anilines is 1. The molecule has 0 atom stereocenters. The van der Waals surface area contributed by atoms with Gasteiger partial charge in [-0.2, -0.15) is 0 Å². The number of nitrogens with zero attached hydrogens (tertiary/aromatic N) is 1. The third-order valence-electron chi connectivity index (χ3n) is 3.89. The number of carbonyl (C=O) groups is 1. The van der Waals surface area contributed by atoms with E-state index < -0.39 is 0 Å². The fourth-order valence-electron chi connectivity index (χ4n) is 2.67. The van der Waals surface area contributed by atoms with Crippen LogP contribution in [-0.2, 0) is 11.2 Å². The van der Waals surface area contributed by atoms with Gasteiger partial charge in [0.25, 0.3) is 0 Å². The van der Waals surface area contributed by atoms with Crippen molar-refractivity contribution in [1.29, 1.82) is 0 Å². The van der Waals surface area contributed by atoms with Crippen LogP contribution in [0.4, 0.5) is 5.69 Å². The molecular formula is C20H20N2O2S. The number of para-hydroxylation sites is 2. The van der Waals surface area contributed by atoms with Crippen molar-refractivity contribution in [2.45, 2.75) is 20.3 Å². The molecule has 5 heteroatoms. The molecule has 0 unspecified atom stereocenters. The van der Waals surface area contributed by atoms with Gasteiger partial charge in [-0.1, -0.05) is 35.9 Å². The van der Waals surface area contributed by atoms with E-state index in [1.54, 1.807) is 18.4 Å². The Hall–Kier alpha value is -2.66. The van der Waals surface area contributed by atoms with E-state index in [0.717, 1.165) is 16.3 Å². The third-order valence-corrected chi connectivity index (χ3v) is 4.81. The van der Waals surface area contributed by atoms with Crippen LogP contribution < -0.4 is 10.1 Å². The van der Waals surface area contributed by atoms with E-state index in [1.807, 2.05) is 29.6 Å². The van der Waals surface area contributed by atoms with Gasteiger partial charge in [0.15, 0.2) is 0 Å². The molecule has 0 aliphatic rings. The van der Waals surface area contributed by atoms with E-state index in [0.29, 0.717) is 11.4 Å². The predicted octanol–water partition coefficient (Wildman–Crippen LogP) is 4.62. The van der Waals surface area contributed by atoms with Gasteiger partial charge in [0.2, 0.25) is 5.91 Å². The summed E-state index contributed by atoms with van der Waals surface area (Å²) in [6.45, 7) is 4.16. The molecule has 0 aliphatic carbocycles. The molecule has 0 saturated heterocycles. The van der Waals surface area contributed by atoms with Crippen molar-refractivity contribution in [3.8, 4) is 16.3 Å². The van der Waals surface area contributed by atoms with Crippen LogP contribution in [0.25, 0.3) is 10.6 Å². The highest BCUT2D eigenvalue weighted by molar-refractivity contribution is 7.13. The fourth-order valence-corrected chi connectivity index (χ4v) is 3.58. The molecule has 3 aromatic rings. The summed E-state index contributed by atoms with van der Waals surface area (Å²) in [7, 11) is 1.58. The van der Waals surface area contributed by atoms with Crippen LogP contribution in [0.2, 0.25) is 0 Å². The zero-order chi connectivity index (χ0) is 17.8. The van der Waals surface area contributed by atoms with Crippen LogP contribution in [0.5, 0.6) is 5.75 Å². The van der Waals surface area contributed by atoms with Crippen molar-refractivity contribution >= 4 is 22.9 Å². The monoisotopic (exact) mass is 352 g/mol. The van der Waals surface area contributed by atoms with Crippen LogP contribution in [-0.4, -0.2) is 18.0 Å². The summed E-state index contributed by atoms with van der Waals surface area (Å²) in [5.41, 5.74) is 4.98. The van der Waals surface area contributed by atoms with Crippen molar-refractivity contribution < 1.29 is 9.53 Å². The summed E-state index contributed by atoms with van der Waals surface area (Å²) in [5, 5.41) is 5.76. The van der Waals surface area contributed by atoms with Crippen molar-refractivity contribution in [2.24, 2.45) is 0 Å². The van der Waals surface area contributed by atoms with Gasteiger partial charge in [-0.3, -0.25) is 4.79 Å². The zero-order valence-corrected chi connectivity index (χ0v) is 15.3. The van der Waals surface area contributed by atoms with Gasteiger partial charge in [0.1, 0.15) is 10.8 Å². The lowest BCUT2D eigenvalue weighted by atomic mass is 10.1. The molecular weight excluding hydrogens is 332 g/mol. The smallest absolute Gasteiger partial charge is 0.230 e. The molecule has 0 bridgehead atoms. The summed E-state index contributed by atoms with van der Waals surface area (Å²) in [4.78, 5) is 16.9. The van der Waals surface area contributed by atoms with Crippen LogP contribution in [0.3, 0.4) is 0 Å². The lowest BCUT2D eigenvalue weighted by Gasteiger charge is -2.09. The highest BCUT2D eigenvalue weighted by Gasteiger charge is 2.12. The summed E-state index contributed by atoms with van der Waals surface area (Å²) >= 11 is 1.56. The quantitative estimate of drug-likeness (QED) is 0.729. The number of nitrogens with one attached hydrogen (secondary N) is 1. The Balaban J connectivity index is 1.72. The van der Waals surface area contributed by atoms with E-state index in [-0.39, 0.29) is 12.3 Å². The second-order valence-electron chi connectivity index (χ2n) is 5.89. The molecule has 128 valence electrons. The van der Waals surface area contributed by atoms with Crippen molar-refractivity contribution in [2.75, 3.05) is 12.4 Å². The van der Waals surface area contributed by atoms with Gasteiger partial charge in [-0.05, 0) is 31.5 Å². The van der Waals surface area contributed by atoms with Gasteiger partial charge in [0, 0.05) is 10.9 Å². The molecule has 1 heterocycles. The normalized spacial score (nSPS) is 10.5. The Bertz CT molecular complexity index is 902. The molecule has 2 aromatic carbocycles. The lowest BCUT2D eigenvalue weighted by molar-refractivity contribution is -0.115. The van der Waals surface area contributed by atoms with E-state index in [9.17, 15) is 4.79 Å². The molecule has 1 amide bonds. The maximum absolute atomic E-state index is 12.3. The minimum Gasteiger partial charge on any atom is -0.495 e. The topological polar surface area (TPSA) is 51.2 Å². The number of benzene rings is 2. The summed E-state index contributed by atoms with van der Waals surface area (Å²) in [6.07, 6.45) is 0.236. The Morgan fingerprint density at radius 1 is 1.20 bits per heavy atom. The van der Waals surface area contributed by atoms with E-state index in [1.165, 1.54) is 11.1 Å². The van der Waals surface area contributed by atoms with E-state index in [2.05, 4.69) is 42.3 Å². The maximum Gasteiger partial charge on any atom is 0.230 e. The van der Waals surface area contributed by atoms with Crippen LogP contribution >= 0.6 is 11.3 Å². The zero-order valence-electron chi connectivity index (χ0n) is 14.5. The third kappa shape index (κ3) is 4.06. The Morgan fingerprint density at radius 3 is 2.76 bits per heavy atom. The number of rotatable bonds is 5. The minimum absolute atomic E-state index is 0.109. The summed E-state index contributed by atoms with van der Waals surface area (Å²) in [6, 6.07) is 13.7. The Kier molecular flexibility index (Phi) is 5.14. The first-order chi connectivity index (χ1) is 12.1. The van der Waals surface area contributed by atoms with Crippen LogP contribution in [0.15, 0.2) is 47.8 Å². The molecule has 1 aromatic heterocycles. The highest BCUT2D eigenvalue weighted by Crippen LogP contribution is 2.28. The van der Waals surface area contributed by atoms with Gasteiger partial charge in [0.05, 0.1) is 24.9 Å². The molecule has 25 heavy (non-hydrogen) atoms. The van der Waals surface area contributed by atoms with Crippen molar-refractivity contribution in [1.82, 2.24) is 4.98 Å². The number of hydrogen-bond donors (Lipinski definition) is 1. The predicted molar refractivity (Wildman–Crippen MR) is 102 cm³/mol. The van der Waals surface area contributed by atoms with Gasteiger partial charge >= 0.3 is 0 Å². The minimum atomic E-state index is -0.109. The molecule has 0 saturated carbocycles. The molecule has 3 rings (SSSR count). The SMILES string of the molecule is COc1ccccc1NC(=O)Cc1csc(-c2ccc(C)cc2C)n1. The van der Waals surface area contributed by atoms with Crippen LogP contribution in [0.1, 0.15) is 16.8 Å². The van der Waals surface area contributed by atoms with Crippen molar-refractivity contribution in [3.05, 3.63) is 64.7 Å². The molecule has 0 spiro atoms. The number of methoxy groups -OCH3 is 1. The summed E-state index contributed by atoms with van der Waals surface area (Å²) in [5.74, 6) is 0.534. The number of amides is 1. The lowest BCUT2D eigenvalue weighted by Crippen LogP contribution is -2.15. The first-order valence-electron chi connectivity index (χ1n) is 8.01. The Morgan fingerprint density at radius 2 is 2.00 bits per heavy atom. The average Bonchev–Trinajstić information content (AvgIpc) is 3.03. The average molecular weight is 352 g/mol. The number of hydrogen-bond acceptors (Lipinski definition) is 4. The fraction of sp³-hybridized carbons (Fsp3) is 0.200. The van der Waals surface area contributed by atoms with E-state index >= 15 is 0 Å². The van der Waals surface area contributed by atoms with Gasteiger partial charge in [-0.25, -0.2) is 4.98 Å². The second kappa shape index (κ2) is 7.49. The molecule has 0 aliphatic heterocycles. The molecule has 4 nitrogen and oxygen atoms in total. The first kappa shape index (κ1) is 17.2. The number of aromatic nitrogens is 1. The molecule has 0 fully saturated rings. The van der Waals surface area contributed by atoms with Gasteiger partial charge in [-0.15, -0.1) is 11.3 Å². The largest absolute Gasteiger partial charge is 0.495 e. The molecule has 1 N–H and O–H groups in total. The standard InChI is InChI=1S/C20H20N2O2S/c1-13-8-9-16(14(2)10-13)20-21-15(12-25-20)11-19(23)22-17-6-4-5-7-18(17)24-3/h4-10,12H,11H2,1-3H3,(H,22,23). The van der Waals surface area contributed by atoms with E-state index in [4.69, 9.17) is 4.74 Å². The van der Waals surface area contributed by atoms with Crippen LogP contribution in [0, 0.1) is 13.8 Å². The summed E-state index contributed by atoms with van der Waals surface area (Å²) < 4.78 is 5.25. The first-order valence-corrected chi connectivity index (χ1v) is 8.89. The highest BCUT2D eigenvalue weighted by atomic mass is 32.1.